The number of hydrogen-bond donors (Lipinski definition) is 0. The summed E-state index contributed by atoms with van der Waals surface area (Å²) in [5, 5.41) is 11.2. The fraction of sp³-hybridized carbons (Fsp3) is 0.640. The lowest BCUT2D eigenvalue weighted by atomic mass is 10.1. The van der Waals surface area contributed by atoms with Gasteiger partial charge in [0.2, 0.25) is 0 Å². The van der Waals surface area contributed by atoms with Crippen LogP contribution in [-0.4, -0.2) is 82.2 Å². The number of ether oxygens (including phenoxy) is 3. The number of rotatable bonds is 4. The average Bonchev–Trinajstić information content (AvgIpc) is 3.61. The summed E-state index contributed by atoms with van der Waals surface area (Å²) in [6.07, 6.45) is 9.23. The maximum absolute atomic E-state index is 7.24. The summed E-state index contributed by atoms with van der Waals surface area (Å²) in [4.78, 5) is 9.92. The third-order valence-electron chi connectivity index (χ3n) is 8.02. The molecule has 0 amide bonds. The zero-order valence-electron chi connectivity index (χ0n) is 20.6. The summed E-state index contributed by atoms with van der Waals surface area (Å²) in [5.41, 5.74) is 1.75. The normalized spacial score (nSPS) is 28.8. The third-order valence-corrected chi connectivity index (χ3v) is 8.36. The Morgan fingerprint density at radius 2 is 1.89 bits per heavy atom. The van der Waals surface area contributed by atoms with E-state index in [9.17, 15) is 0 Å². The van der Waals surface area contributed by atoms with E-state index in [1.165, 1.54) is 0 Å². The Balaban J connectivity index is 1.37. The van der Waals surface area contributed by atoms with Crippen molar-refractivity contribution < 1.29 is 14.2 Å². The van der Waals surface area contributed by atoms with Gasteiger partial charge in [-0.1, -0.05) is 11.6 Å². The maximum atomic E-state index is 7.24. The van der Waals surface area contributed by atoms with Gasteiger partial charge in [0.05, 0.1) is 55.8 Å². The SMILES string of the molecule is C[C@@H]1COCCN1c1c(Cl)c(N2C3CCC2COC3)nc2c1cnn2-c1ccn(C2CCCCO2)n1. The van der Waals surface area contributed by atoms with Crippen molar-refractivity contribution in [3.8, 4) is 5.82 Å². The third kappa shape index (κ3) is 3.69. The predicted octanol–water partition coefficient (Wildman–Crippen LogP) is 3.56. The van der Waals surface area contributed by atoms with E-state index in [2.05, 4.69) is 16.7 Å². The van der Waals surface area contributed by atoms with Crippen molar-refractivity contribution >= 4 is 34.1 Å². The topological polar surface area (TPSA) is 82.7 Å². The molecule has 2 bridgehead atoms. The van der Waals surface area contributed by atoms with E-state index in [-0.39, 0.29) is 12.3 Å². The molecule has 36 heavy (non-hydrogen) atoms. The van der Waals surface area contributed by atoms with Crippen LogP contribution in [0.15, 0.2) is 18.5 Å². The quantitative estimate of drug-likeness (QED) is 0.523. The minimum atomic E-state index is -0.0268. The number of halogens is 1. The van der Waals surface area contributed by atoms with E-state index in [0.29, 0.717) is 43.5 Å². The summed E-state index contributed by atoms with van der Waals surface area (Å²) in [5.74, 6) is 1.55. The Labute approximate surface area is 215 Å². The van der Waals surface area contributed by atoms with Crippen LogP contribution in [0.1, 0.15) is 45.3 Å². The summed E-state index contributed by atoms with van der Waals surface area (Å²) in [6, 6.07) is 2.76. The molecule has 4 aliphatic heterocycles. The standard InChI is InChI=1S/C25H32ClN7O3/c1-16-13-34-11-9-30(16)23-19-12-27-33(20-7-8-31(29-20)21-4-2-3-10-36-21)24(19)28-25(22(23)26)32-17-5-6-18(32)15-35-14-17/h7-8,12,16-18,21H,2-6,9-11,13-15H2,1H3/t16-,17?,18?,21?/m1/s1. The molecule has 10 nitrogen and oxygen atoms in total. The van der Waals surface area contributed by atoms with Gasteiger partial charge in [-0.05, 0) is 39.0 Å². The Morgan fingerprint density at radius 3 is 2.67 bits per heavy atom. The highest BCUT2D eigenvalue weighted by atomic mass is 35.5. The molecule has 3 unspecified atom stereocenters. The highest BCUT2D eigenvalue weighted by molar-refractivity contribution is 6.37. The summed E-state index contributed by atoms with van der Waals surface area (Å²) in [6.45, 7) is 6.48. The molecule has 11 heteroatoms. The van der Waals surface area contributed by atoms with Crippen LogP contribution in [-0.2, 0) is 14.2 Å². The molecule has 4 fully saturated rings. The smallest absolute Gasteiger partial charge is 0.177 e. The molecule has 0 aromatic carbocycles. The Morgan fingerprint density at radius 1 is 1.03 bits per heavy atom. The van der Waals surface area contributed by atoms with E-state index in [1.807, 2.05) is 27.8 Å². The fourth-order valence-corrected chi connectivity index (χ4v) is 6.53. The molecule has 0 spiro atoms. The molecule has 7 rings (SSSR count). The Hall–Kier alpha value is -2.40. The van der Waals surface area contributed by atoms with E-state index >= 15 is 0 Å². The van der Waals surface area contributed by atoms with Gasteiger partial charge in [-0.15, -0.1) is 0 Å². The highest BCUT2D eigenvalue weighted by Crippen LogP contribution is 2.45. The predicted molar refractivity (Wildman–Crippen MR) is 136 cm³/mol. The molecule has 3 aromatic rings. The van der Waals surface area contributed by atoms with Gasteiger partial charge in [0.15, 0.2) is 17.3 Å². The van der Waals surface area contributed by atoms with Crippen LogP contribution in [0.5, 0.6) is 0 Å². The Bertz CT molecular complexity index is 1240. The number of pyridine rings is 1. The van der Waals surface area contributed by atoms with Gasteiger partial charge < -0.3 is 24.0 Å². The number of morpholine rings is 2. The van der Waals surface area contributed by atoms with Gasteiger partial charge in [0.25, 0.3) is 0 Å². The van der Waals surface area contributed by atoms with Gasteiger partial charge in [0, 0.05) is 31.5 Å². The molecule has 192 valence electrons. The van der Waals surface area contributed by atoms with Gasteiger partial charge in [-0.25, -0.2) is 9.67 Å². The molecule has 0 N–H and O–H groups in total. The second-order valence-corrected chi connectivity index (χ2v) is 10.7. The van der Waals surface area contributed by atoms with Crippen molar-refractivity contribution in [3.05, 3.63) is 23.5 Å². The fourth-order valence-electron chi connectivity index (χ4n) is 6.18. The summed E-state index contributed by atoms with van der Waals surface area (Å²) < 4.78 is 21.3. The van der Waals surface area contributed by atoms with E-state index in [1.54, 1.807) is 0 Å². The molecule has 0 aliphatic carbocycles. The minimum absolute atomic E-state index is 0.0268. The number of hydrogen-bond acceptors (Lipinski definition) is 8. The van der Waals surface area contributed by atoms with E-state index in [4.69, 9.17) is 41.0 Å². The number of nitrogens with zero attached hydrogens (tertiary/aromatic N) is 7. The van der Waals surface area contributed by atoms with Gasteiger partial charge >= 0.3 is 0 Å². The van der Waals surface area contributed by atoms with Crippen molar-refractivity contribution in [3.63, 3.8) is 0 Å². The highest BCUT2D eigenvalue weighted by Gasteiger charge is 2.41. The van der Waals surface area contributed by atoms with Crippen LogP contribution < -0.4 is 9.80 Å². The average molecular weight is 514 g/mol. The van der Waals surface area contributed by atoms with Crippen LogP contribution in [0.4, 0.5) is 11.5 Å². The van der Waals surface area contributed by atoms with Gasteiger partial charge in [-0.3, -0.25) is 0 Å². The van der Waals surface area contributed by atoms with Crippen molar-refractivity contribution in [2.24, 2.45) is 0 Å². The lowest BCUT2D eigenvalue weighted by molar-refractivity contribution is -0.0395. The first kappa shape index (κ1) is 22.8. The molecular weight excluding hydrogens is 482 g/mol. The number of aromatic nitrogens is 5. The molecule has 4 atom stereocenters. The maximum Gasteiger partial charge on any atom is 0.177 e. The lowest BCUT2D eigenvalue weighted by Gasteiger charge is -2.39. The molecular formula is C25H32ClN7O3. The van der Waals surface area contributed by atoms with E-state index in [0.717, 1.165) is 73.6 Å². The molecule has 0 saturated carbocycles. The first-order valence-corrected chi connectivity index (χ1v) is 13.5. The van der Waals surface area contributed by atoms with Crippen LogP contribution in [0.25, 0.3) is 16.9 Å². The van der Waals surface area contributed by atoms with Crippen molar-refractivity contribution in [1.29, 1.82) is 0 Å². The monoisotopic (exact) mass is 513 g/mol. The molecule has 7 heterocycles. The molecule has 0 radical (unpaired) electrons. The Kier molecular flexibility index (Phi) is 5.80. The zero-order valence-corrected chi connectivity index (χ0v) is 21.3. The van der Waals surface area contributed by atoms with Crippen molar-refractivity contribution in [2.45, 2.75) is 63.4 Å². The summed E-state index contributed by atoms with van der Waals surface area (Å²) >= 11 is 7.24. The van der Waals surface area contributed by atoms with Gasteiger partial charge in [-0.2, -0.15) is 14.9 Å². The van der Waals surface area contributed by atoms with E-state index < -0.39 is 0 Å². The zero-order chi connectivity index (χ0) is 24.2. The van der Waals surface area contributed by atoms with Crippen LogP contribution in [0, 0.1) is 0 Å². The second-order valence-electron chi connectivity index (χ2n) is 10.3. The van der Waals surface area contributed by atoms with Crippen molar-refractivity contribution in [1.82, 2.24) is 24.5 Å². The van der Waals surface area contributed by atoms with Crippen LogP contribution >= 0.6 is 11.6 Å². The first-order valence-electron chi connectivity index (χ1n) is 13.1. The molecule has 4 aliphatic rings. The van der Waals surface area contributed by atoms with Crippen LogP contribution in [0.3, 0.4) is 0 Å². The second kappa shape index (κ2) is 9.16. The number of fused-ring (bicyclic) bond motifs is 3. The van der Waals surface area contributed by atoms with Gasteiger partial charge in [0.1, 0.15) is 11.3 Å². The first-order chi connectivity index (χ1) is 17.7. The molecule has 3 aromatic heterocycles. The summed E-state index contributed by atoms with van der Waals surface area (Å²) in [7, 11) is 0. The van der Waals surface area contributed by atoms with Crippen LogP contribution in [0.2, 0.25) is 5.02 Å². The lowest BCUT2D eigenvalue weighted by Crippen LogP contribution is -2.47. The number of anilines is 2. The van der Waals surface area contributed by atoms with Crippen molar-refractivity contribution in [2.75, 3.05) is 49.4 Å². The molecule has 4 saturated heterocycles. The minimum Gasteiger partial charge on any atom is -0.377 e. The largest absolute Gasteiger partial charge is 0.377 e.